The Bertz CT molecular complexity index is 1150. The van der Waals surface area contributed by atoms with Crippen molar-refractivity contribution in [1.82, 2.24) is 20.4 Å². The number of aromatic amines is 1. The molecule has 7 nitrogen and oxygen atoms in total. The summed E-state index contributed by atoms with van der Waals surface area (Å²) in [5, 5.41) is 10.8. The van der Waals surface area contributed by atoms with Gasteiger partial charge in [0.05, 0.1) is 17.0 Å². The van der Waals surface area contributed by atoms with Crippen LogP contribution in [-0.4, -0.2) is 33.5 Å². The van der Waals surface area contributed by atoms with Gasteiger partial charge in [0.2, 0.25) is 11.8 Å². The van der Waals surface area contributed by atoms with Gasteiger partial charge in [-0.25, -0.2) is 5.10 Å². The molecule has 1 aliphatic heterocycles. The summed E-state index contributed by atoms with van der Waals surface area (Å²) in [5.74, 6) is -0.524. The lowest BCUT2D eigenvalue weighted by Gasteiger charge is -2.19. The van der Waals surface area contributed by atoms with Crippen molar-refractivity contribution < 1.29 is 9.59 Å². The topological polar surface area (TPSA) is 95.2 Å². The van der Waals surface area contributed by atoms with Gasteiger partial charge in [0.25, 0.3) is 5.56 Å². The van der Waals surface area contributed by atoms with Crippen molar-refractivity contribution in [2.24, 2.45) is 0 Å². The summed E-state index contributed by atoms with van der Waals surface area (Å²) in [6, 6.07) is 15.0. The third kappa shape index (κ3) is 3.96. The van der Waals surface area contributed by atoms with E-state index in [4.69, 9.17) is 0 Å². The lowest BCUT2D eigenvalue weighted by atomic mass is 10.0. The molecule has 1 unspecified atom stereocenters. The van der Waals surface area contributed by atoms with E-state index in [1.807, 2.05) is 35.2 Å². The molecule has 2 amide bonds. The number of benzene rings is 2. The maximum absolute atomic E-state index is 12.8. The first kappa shape index (κ1) is 19.8. The fraction of sp³-hybridized carbons (Fsp3) is 0.304. The monoisotopic (exact) mass is 404 g/mol. The summed E-state index contributed by atoms with van der Waals surface area (Å²) in [7, 11) is 0. The van der Waals surface area contributed by atoms with Crippen molar-refractivity contribution in [3.8, 4) is 0 Å². The van der Waals surface area contributed by atoms with Crippen molar-refractivity contribution in [3.05, 3.63) is 75.7 Å². The second-order valence-electron chi connectivity index (χ2n) is 7.61. The Kier molecular flexibility index (Phi) is 5.61. The number of carbonyl (C=O) groups is 2. The van der Waals surface area contributed by atoms with Gasteiger partial charge in [-0.1, -0.05) is 42.5 Å². The number of carbonyl (C=O) groups excluding carboxylic acids is 2. The molecule has 1 fully saturated rings. The van der Waals surface area contributed by atoms with Crippen LogP contribution in [0.25, 0.3) is 10.8 Å². The lowest BCUT2D eigenvalue weighted by molar-refractivity contribution is -0.128. The average Bonchev–Trinajstić information content (AvgIpc) is 3.17. The summed E-state index contributed by atoms with van der Waals surface area (Å²) >= 11 is 0. The van der Waals surface area contributed by atoms with E-state index in [0.29, 0.717) is 36.0 Å². The Balaban J connectivity index is 1.49. The van der Waals surface area contributed by atoms with Gasteiger partial charge in [-0.3, -0.25) is 14.4 Å². The van der Waals surface area contributed by atoms with Gasteiger partial charge < -0.3 is 10.2 Å². The highest BCUT2D eigenvalue weighted by atomic mass is 16.2. The Morgan fingerprint density at radius 3 is 2.53 bits per heavy atom. The van der Waals surface area contributed by atoms with Crippen molar-refractivity contribution in [3.63, 3.8) is 0 Å². The number of likely N-dealkylation sites (tertiary alicyclic amines) is 1. The number of nitrogens with zero attached hydrogens (tertiary/aromatic N) is 2. The zero-order valence-electron chi connectivity index (χ0n) is 16.9. The van der Waals surface area contributed by atoms with Crippen LogP contribution in [0, 0.1) is 0 Å². The number of fused-ring (bicyclic) bond motifs is 1. The van der Waals surface area contributed by atoms with E-state index in [1.165, 1.54) is 0 Å². The zero-order chi connectivity index (χ0) is 21.1. The molecular formula is C23H24N4O3. The predicted molar refractivity (Wildman–Crippen MR) is 114 cm³/mol. The first-order chi connectivity index (χ1) is 14.5. The van der Waals surface area contributed by atoms with Crippen LogP contribution in [-0.2, 0) is 22.7 Å². The van der Waals surface area contributed by atoms with Crippen molar-refractivity contribution in [1.29, 1.82) is 0 Å². The first-order valence-corrected chi connectivity index (χ1v) is 10.1. The van der Waals surface area contributed by atoms with Gasteiger partial charge in [0.15, 0.2) is 0 Å². The quantitative estimate of drug-likeness (QED) is 0.660. The maximum Gasteiger partial charge on any atom is 0.272 e. The third-order valence-electron chi connectivity index (χ3n) is 5.63. The van der Waals surface area contributed by atoms with E-state index in [0.717, 1.165) is 24.1 Å². The van der Waals surface area contributed by atoms with E-state index in [9.17, 15) is 14.4 Å². The number of H-pyrrole nitrogens is 1. The van der Waals surface area contributed by atoms with Crippen LogP contribution in [0.15, 0.2) is 53.3 Å². The smallest absolute Gasteiger partial charge is 0.272 e. The number of hydrogen-bond donors (Lipinski definition) is 2. The van der Waals surface area contributed by atoms with Crippen LogP contribution in [0.3, 0.4) is 0 Å². The van der Waals surface area contributed by atoms with Crippen LogP contribution in [0.1, 0.15) is 42.5 Å². The molecule has 2 heterocycles. The highest BCUT2D eigenvalue weighted by molar-refractivity contribution is 5.90. The van der Waals surface area contributed by atoms with Crippen LogP contribution >= 0.6 is 0 Å². The molecule has 2 N–H and O–H groups in total. The molecule has 1 aliphatic rings. The molecule has 1 aromatic heterocycles. The number of hydrogen-bond acceptors (Lipinski definition) is 4. The second-order valence-corrected chi connectivity index (χ2v) is 7.61. The Morgan fingerprint density at radius 2 is 1.80 bits per heavy atom. The van der Waals surface area contributed by atoms with E-state index in [-0.39, 0.29) is 17.4 Å². The summed E-state index contributed by atoms with van der Waals surface area (Å²) in [5.41, 5.74) is 2.29. The molecule has 3 aromatic rings. The fourth-order valence-electron chi connectivity index (χ4n) is 3.89. The molecular weight excluding hydrogens is 380 g/mol. The molecule has 0 radical (unpaired) electrons. The number of aromatic nitrogens is 2. The van der Waals surface area contributed by atoms with Gasteiger partial charge in [0, 0.05) is 31.4 Å². The average molecular weight is 404 g/mol. The summed E-state index contributed by atoms with van der Waals surface area (Å²) < 4.78 is 0. The van der Waals surface area contributed by atoms with Crippen molar-refractivity contribution >= 4 is 22.6 Å². The molecule has 0 bridgehead atoms. The summed E-state index contributed by atoms with van der Waals surface area (Å²) in [6.45, 7) is 3.48. The number of amides is 2. The first-order valence-electron chi connectivity index (χ1n) is 10.1. The van der Waals surface area contributed by atoms with Gasteiger partial charge in [-0.2, -0.15) is 5.10 Å². The maximum atomic E-state index is 12.8. The standard InChI is InChI=1S/C23H24N4O3/c1-15(21-18-9-4-5-10-19(18)23(30)26-25-21)22(29)24-13-16-7-2-3-8-17(16)14-27-12-6-11-20(27)28/h2-5,7-10,15H,6,11-14H2,1H3,(H,24,29)(H,26,30). The van der Waals surface area contributed by atoms with E-state index in [1.54, 1.807) is 25.1 Å². The molecule has 1 atom stereocenters. The fourth-order valence-corrected chi connectivity index (χ4v) is 3.89. The van der Waals surface area contributed by atoms with E-state index in [2.05, 4.69) is 15.5 Å². The Labute approximate surface area is 174 Å². The molecule has 4 rings (SSSR count). The molecule has 154 valence electrons. The van der Waals surface area contributed by atoms with Gasteiger partial charge in [-0.15, -0.1) is 0 Å². The minimum Gasteiger partial charge on any atom is -0.351 e. The SMILES string of the molecule is CC(C(=O)NCc1ccccc1CN1CCCC1=O)c1n[nH]c(=O)c2ccccc12. The summed E-state index contributed by atoms with van der Waals surface area (Å²) in [6.07, 6.45) is 1.51. The minimum absolute atomic E-state index is 0.174. The van der Waals surface area contributed by atoms with Gasteiger partial charge >= 0.3 is 0 Å². The van der Waals surface area contributed by atoms with E-state index >= 15 is 0 Å². The van der Waals surface area contributed by atoms with Crippen LogP contribution in [0.4, 0.5) is 0 Å². The molecule has 30 heavy (non-hydrogen) atoms. The normalized spacial score (nSPS) is 14.8. The second kappa shape index (κ2) is 8.49. The van der Waals surface area contributed by atoms with Crippen LogP contribution < -0.4 is 10.9 Å². The molecule has 0 spiro atoms. The van der Waals surface area contributed by atoms with Crippen LogP contribution in [0.2, 0.25) is 0 Å². The lowest BCUT2D eigenvalue weighted by Crippen LogP contribution is -2.30. The van der Waals surface area contributed by atoms with Crippen LogP contribution in [0.5, 0.6) is 0 Å². The van der Waals surface area contributed by atoms with Crippen molar-refractivity contribution in [2.75, 3.05) is 6.54 Å². The molecule has 1 saturated heterocycles. The van der Waals surface area contributed by atoms with E-state index < -0.39 is 5.92 Å². The number of nitrogens with one attached hydrogen (secondary N) is 2. The highest BCUT2D eigenvalue weighted by Crippen LogP contribution is 2.22. The summed E-state index contributed by atoms with van der Waals surface area (Å²) in [4.78, 5) is 38.7. The Hall–Kier alpha value is -3.48. The van der Waals surface area contributed by atoms with Gasteiger partial charge in [-0.05, 0) is 30.5 Å². The van der Waals surface area contributed by atoms with Gasteiger partial charge in [0.1, 0.15) is 0 Å². The number of rotatable bonds is 6. The molecule has 0 aliphatic carbocycles. The molecule has 0 saturated carbocycles. The minimum atomic E-state index is -0.529. The molecule has 7 heteroatoms. The zero-order valence-corrected chi connectivity index (χ0v) is 16.9. The highest BCUT2D eigenvalue weighted by Gasteiger charge is 2.22. The van der Waals surface area contributed by atoms with Crippen molar-refractivity contribution in [2.45, 2.75) is 38.8 Å². The Morgan fingerprint density at radius 1 is 1.10 bits per heavy atom. The molecule has 2 aromatic carbocycles. The predicted octanol–water partition coefficient (Wildman–Crippen LogP) is 2.47. The third-order valence-corrected chi connectivity index (χ3v) is 5.63. The largest absolute Gasteiger partial charge is 0.351 e.